The van der Waals surface area contributed by atoms with Crippen LogP contribution in [0.5, 0.6) is 5.75 Å². The minimum Gasteiger partial charge on any atom is -0.493 e. The van der Waals surface area contributed by atoms with Crippen molar-refractivity contribution in [3.8, 4) is 17.9 Å². The number of fused-ring (bicyclic) bond motifs is 1. The number of imide groups is 1. The van der Waals surface area contributed by atoms with Crippen molar-refractivity contribution in [1.82, 2.24) is 14.7 Å². The fourth-order valence-electron chi connectivity index (χ4n) is 6.29. The molecule has 0 bridgehead atoms. The summed E-state index contributed by atoms with van der Waals surface area (Å²) in [6.07, 6.45) is 2.01. The van der Waals surface area contributed by atoms with Gasteiger partial charge in [0.1, 0.15) is 11.3 Å². The lowest BCUT2D eigenvalue weighted by molar-refractivity contribution is -0.136. The Labute approximate surface area is 240 Å². The third-order valence-corrected chi connectivity index (χ3v) is 8.84. The summed E-state index contributed by atoms with van der Waals surface area (Å²) in [6, 6.07) is 24.7. The van der Waals surface area contributed by atoms with Crippen LogP contribution in [0, 0.1) is 22.7 Å². The van der Waals surface area contributed by atoms with Gasteiger partial charge in [0.2, 0.25) is 0 Å². The van der Waals surface area contributed by atoms with Crippen LogP contribution in [0.2, 0.25) is 0 Å². The quantitative estimate of drug-likeness (QED) is 0.408. The van der Waals surface area contributed by atoms with Gasteiger partial charge in [-0.1, -0.05) is 36.4 Å². The van der Waals surface area contributed by atoms with E-state index in [1.807, 2.05) is 12.1 Å². The molecule has 6 rings (SSSR count). The molecule has 0 unspecified atom stereocenters. The maximum absolute atomic E-state index is 14.1. The molecular weight excluding hydrogens is 514 g/mol. The molecule has 8 heteroatoms. The SMILES string of the molecule is C[C@@H](c1ccc2c(c1)OCC2)N1CCC2(CC1)C(=O)N(Cc1ccc(C#N)cc1)C(=O)N2Cc1ccc(C#N)cc1. The van der Waals surface area contributed by atoms with Gasteiger partial charge in [-0.05, 0) is 72.4 Å². The number of urea groups is 1. The number of hydrogen-bond donors (Lipinski definition) is 0. The van der Waals surface area contributed by atoms with E-state index in [0.717, 1.165) is 29.9 Å². The van der Waals surface area contributed by atoms with Gasteiger partial charge in [-0.25, -0.2) is 4.79 Å². The molecule has 1 atom stereocenters. The molecule has 3 aliphatic heterocycles. The fourth-order valence-corrected chi connectivity index (χ4v) is 6.29. The van der Waals surface area contributed by atoms with Crippen molar-refractivity contribution in [2.45, 2.75) is 50.9 Å². The molecule has 0 aliphatic carbocycles. The third-order valence-electron chi connectivity index (χ3n) is 8.84. The van der Waals surface area contributed by atoms with Gasteiger partial charge in [-0.2, -0.15) is 10.5 Å². The van der Waals surface area contributed by atoms with Crippen molar-refractivity contribution in [2.75, 3.05) is 19.7 Å². The van der Waals surface area contributed by atoms with Crippen LogP contribution in [-0.2, 0) is 24.3 Å². The zero-order chi connectivity index (χ0) is 28.6. The number of nitrogens with zero attached hydrogens (tertiary/aromatic N) is 5. The molecule has 2 saturated heterocycles. The van der Waals surface area contributed by atoms with Gasteiger partial charge in [0.25, 0.3) is 5.91 Å². The van der Waals surface area contributed by atoms with Gasteiger partial charge in [-0.15, -0.1) is 0 Å². The normalized spacial score (nSPS) is 18.6. The molecule has 206 valence electrons. The second-order valence-electron chi connectivity index (χ2n) is 11.1. The van der Waals surface area contributed by atoms with Crippen LogP contribution in [0.3, 0.4) is 0 Å². The number of hydrogen-bond acceptors (Lipinski definition) is 6. The van der Waals surface area contributed by atoms with Crippen LogP contribution < -0.4 is 4.74 Å². The molecule has 3 amide bonds. The lowest BCUT2D eigenvalue weighted by Crippen LogP contribution is -2.56. The zero-order valence-electron chi connectivity index (χ0n) is 23.0. The summed E-state index contributed by atoms with van der Waals surface area (Å²) in [4.78, 5) is 33.5. The average molecular weight is 546 g/mol. The van der Waals surface area contributed by atoms with Crippen LogP contribution in [-0.4, -0.2) is 51.9 Å². The molecule has 41 heavy (non-hydrogen) atoms. The third kappa shape index (κ3) is 4.81. The largest absolute Gasteiger partial charge is 0.493 e. The van der Waals surface area contributed by atoms with E-state index in [1.54, 1.807) is 41.3 Å². The number of carbonyl (C=O) groups excluding carboxylic acids is 2. The van der Waals surface area contributed by atoms with Crippen molar-refractivity contribution in [3.63, 3.8) is 0 Å². The average Bonchev–Trinajstić information content (AvgIpc) is 3.56. The highest BCUT2D eigenvalue weighted by Gasteiger charge is 2.58. The highest BCUT2D eigenvalue weighted by molar-refractivity contribution is 6.07. The van der Waals surface area contributed by atoms with Gasteiger partial charge < -0.3 is 9.64 Å². The van der Waals surface area contributed by atoms with Crippen LogP contribution in [0.1, 0.15) is 59.2 Å². The first-order valence-electron chi connectivity index (χ1n) is 14.0. The van der Waals surface area contributed by atoms with E-state index in [1.165, 1.54) is 16.0 Å². The van der Waals surface area contributed by atoms with Crippen LogP contribution in [0.4, 0.5) is 4.79 Å². The summed E-state index contributed by atoms with van der Waals surface area (Å²) in [5, 5.41) is 18.3. The number of ether oxygens (including phenoxy) is 1. The second kappa shape index (κ2) is 10.7. The lowest BCUT2D eigenvalue weighted by atomic mass is 9.84. The van der Waals surface area contributed by atoms with E-state index in [-0.39, 0.29) is 31.1 Å². The first kappa shape index (κ1) is 26.6. The molecular formula is C33H31N5O3. The molecule has 0 aromatic heterocycles. The van der Waals surface area contributed by atoms with E-state index < -0.39 is 5.54 Å². The zero-order valence-corrected chi connectivity index (χ0v) is 23.0. The summed E-state index contributed by atoms with van der Waals surface area (Å²) < 4.78 is 5.79. The number of rotatable bonds is 6. The summed E-state index contributed by atoms with van der Waals surface area (Å²) in [5.74, 6) is 0.796. The molecule has 8 nitrogen and oxygen atoms in total. The van der Waals surface area contributed by atoms with E-state index in [0.29, 0.717) is 37.1 Å². The molecule has 0 saturated carbocycles. The smallest absolute Gasteiger partial charge is 0.328 e. The van der Waals surface area contributed by atoms with Crippen molar-refractivity contribution in [1.29, 1.82) is 10.5 Å². The maximum Gasteiger partial charge on any atom is 0.328 e. The van der Waals surface area contributed by atoms with E-state index >= 15 is 0 Å². The molecule has 3 heterocycles. The van der Waals surface area contributed by atoms with Gasteiger partial charge in [0.05, 0.1) is 36.4 Å². The molecule has 0 N–H and O–H groups in total. The van der Waals surface area contributed by atoms with Crippen LogP contribution in [0.25, 0.3) is 0 Å². The predicted molar refractivity (Wildman–Crippen MR) is 151 cm³/mol. The minimum absolute atomic E-state index is 0.149. The van der Waals surface area contributed by atoms with Crippen molar-refractivity contribution >= 4 is 11.9 Å². The van der Waals surface area contributed by atoms with Crippen LogP contribution in [0.15, 0.2) is 66.7 Å². The lowest BCUT2D eigenvalue weighted by Gasteiger charge is -2.44. The Bertz CT molecular complexity index is 1560. The summed E-state index contributed by atoms with van der Waals surface area (Å²) >= 11 is 0. The second-order valence-corrected chi connectivity index (χ2v) is 11.1. The highest BCUT2D eigenvalue weighted by Crippen LogP contribution is 2.41. The molecule has 2 fully saturated rings. The number of likely N-dealkylation sites (tertiary alicyclic amines) is 1. The van der Waals surface area contributed by atoms with Crippen LogP contribution >= 0.6 is 0 Å². The van der Waals surface area contributed by atoms with E-state index in [4.69, 9.17) is 10.00 Å². The summed E-state index contributed by atoms with van der Waals surface area (Å²) in [6.45, 7) is 4.70. The molecule has 3 aromatic carbocycles. The first-order chi connectivity index (χ1) is 19.9. The Balaban J connectivity index is 1.25. The van der Waals surface area contributed by atoms with Gasteiger partial charge >= 0.3 is 6.03 Å². The maximum atomic E-state index is 14.1. The standard InChI is InChI=1S/C33H31N5O3/c1-23(29-11-10-28-12-17-41-30(28)18-29)36-15-13-33(14-16-36)31(39)37(21-26-6-2-24(19-34)3-7-26)32(40)38(33)22-27-8-4-25(20-35)5-9-27/h2-11,18,23H,12-17,21-22H2,1H3/t23-/m0/s1. The summed E-state index contributed by atoms with van der Waals surface area (Å²) in [7, 11) is 0. The number of amides is 3. The van der Waals surface area contributed by atoms with E-state index in [2.05, 4.69) is 42.2 Å². The molecule has 1 spiro atoms. The number of nitriles is 2. The Kier molecular flexibility index (Phi) is 6.95. The number of benzene rings is 3. The Hall–Kier alpha value is -4.66. The number of carbonyl (C=O) groups is 2. The molecule has 0 radical (unpaired) electrons. The molecule has 3 aliphatic rings. The monoisotopic (exact) mass is 545 g/mol. The van der Waals surface area contributed by atoms with Gasteiger partial charge in [0.15, 0.2) is 0 Å². The minimum atomic E-state index is -0.936. The fraction of sp³-hybridized carbons (Fsp3) is 0.333. The van der Waals surface area contributed by atoms with Crippen molar-refractivity contribution in [3.05, 3.63) is 100 Å². The Morgan fingerprint density at radius 1 is 0.878 bits per heavy atom. The Morgan fingerprint density at radius 3 is 2.10 bits per heavy atom. The molecule has 3 aromatic rings. The van der Waals surface area contributed by atoms with E-state index in [9.17, 15) is 14.9 Å². The number of piperidine rings is 1. The summed E-state index contributed by atoms with van der Waals surface area (Å²) in [5.41, 5.74) is 4.25. The highest BCUT2D eigenvalue weighted by atomic mass is 16.5. The predicted octanol–water partition coefficient (Wildman–Crippen LogP) is 4.93. The van der Waals surface area contributed by atoms with Crippen molar-refractivity contribution in [2.24, 2.45) is 0 Å². The van der Waals surface area contributed by atoms with Gasteiger partial charge in [0, 0.05) is 32.1 Å². The van der Waals surface area contributed by atoms with Gasteiger partial charge in [-0.3, -0.25) is 14.6 Å². The topological polar surface area (TPSA) is 101 Å². The van der Waals surface area contributed by atoms with Crippen molar-refractivity contribution < 1.29 is 14.3 Å². The first-order valence-corrected chi connectivity index (χ1v) is 14.0. The Morgan fingerprint density at radius 2 is 1.49 bits per heavy atom.